The predicted molar refractivity (Wildman–Crippen MR) is 176 cm³/mol. The van der Waals surface area contributed by atoms with Crippen molar-refractivity contribution in [2.45, 2.75) is 25.4 Å². The van der Waals surface area contributed by atoms with Gasteiger partial charge in [0.15, 0.2) is 0 Å². The summed E-state index contributed by atoms with van der Waals surface area (Å²) < 4.78 is 2.36. The molecule has 0 fully saturated rings. The second-order valence-corrected chi connectivity index (χ2v) is 12.0. The Balaban J connectivity index is 1.23. The monoisotopic (exact) mass is 536 g/mol. The minimum absolute atomic E-state index is 0.412. The van der Waals surface area contributed by atoms with Crippen molar-refractivity contribution in [2.24, 2.45) is 5.92 Å². The number of nitrogens with zero attached hydrogens (tertiary/aromatic N) is 2. The van der Waals surface area contributed by atoms with Crippen LogP contribution in [0.15, 0.2) is 145 Å². The van der Waals surface area contributed by atoms with Gasteiger partial charge in [0.25, 0.3) is 0 Å². The van der Waals surface area contributed by atoms with Crippen LogP contribution in [0.5, 0.6) is 0 Å². The molecule has 1 atom stereocenters. The highest BCUT2D eigenvalue weighted by molar-refractivity contribution is 6.73. The molecular weight excluding hydrogens is 499 g/mol. The van der Waals surface area contributed by atoms with Crippen LogP contribution in [0, 0.1) is 5.92 Å². The number of benzene rings is 4. The van der Waals surface area contributed by atoms with Crippen molar-refractivity contribution in [3.63, 3.8) is 0 Å². The Morgan fingerprint density at radius 1 is 0.800 bits per heavy atom. The van der Waals surface area contributed by atoms with E-state index in [1.54, 1.807) is 0 Å². The number of hydrogen-bond donors (Lipinski definition) is 0. The minimum Gasteiger partial charge on any atom is -0.346 e. The van der Waals surface area contributed by atoms with E-state index in [0.717, 1.165) is 25.6 Å². The van der Waals surface area contributed by atoms with Crippen LogP contribution in [0.2, 0.25) is 0 Å². The lowest BCUT2D eigenvalue weighted by molar-refractivity contribution is 0.590. The average molecular weight is 537 g/mol. The van der Waals surface area contributed by atoms with Gasteiger partial charge in [-0.3, -0.25) is 4.98 Å². The normalized spacial score (nSPS) is 12.9. The van der Waals surface area contributed by atoms with Crippen molar-refractivity contribution < 1.29 is 0 Å². The van der Waals surface area contributed by atoms with Gasteiger partial charge >= 0.3 is 0 Å². The Morgan fingerprint density at radius 3 is 2.00 bits per heavy atom. The molecule has 0 aliphatic rings. The number of imidazole rings is 1. The maximum absolute atomic E-state index is 4.76. The summed E-state index contributed by atoms with van der Waals surface area (Å²) in [6.07, 6.45) is 11.0. The lowest BCUT2D eigenvalue weighted by atomic mass is 9.65. The topological polar surface area (TPSA) is 17.8 Å². The van der Waals surface area contributed by atoms with Crippen LogP contribution < -0.4 is 5.72 Å². The SMILES string of the molecule is CC(C=C[SiH2]Cn1ccnc1BC(=Cc1ccccc1)c1ccccc1)CC(c1ccccc1)c1ccccc1. The zero-order chi connectivity index (χ0) is 27.4. The second kappa shape index (κ2) is 14.3. The van der Waals surface area contributed by atoms with Gasteiger partial charge in [0.1, 0.15) is 0 Å². The van der Waals surface area contributed by atoms with Gasteiger partial charge < -0.3 is 4.57 Å². The molecule has 0 N–H and O–H groups in total. The number of aromatic nitrogens is 2. The molecule has 0 bridgehead atoms. The number of rotatable bonds is 12. The lowest BCUT2D eigenvalue weighted by Crippen LogP contribution is -2.28. The van der Waals surface area contributed by atoms with Gasteiger partial charge in [0, 0.05) is 24.5 Å². The molecule has 0 radical (unpaired) electrons. The summed E-state index contributed by atoms with van der Waals surface area (Å²) in [7, 11) is 0.404. The molecule has 1 heterocycles. The first-order valence-corrected chi connectivity index (χ1v) is 16.2. The van der Waals surface area contributed by atoms with Crippen LogP contribution in [-0.2, 0) is 6.17 Å². The molecule has 198 valence electrons. The van der Waals surface area contributed by atoms with E-state index < -0.39 is 9.52 Å². The summed E-state index contributed by atoms with van der Waals surface area (Å²) in [6, 6.07) is 43.1. The van der Waals surface area contributed by atoms with E-state index in [2.05, 4.69) is 157 Å². The van der Waals surface area contributed by atoms with Gasteiger partial charge in [-0.1, -0.05) is 146 Å². The standard InChI is InChI=1S/C36H37BN2Si/c1-29(26-34(31-16-8-3-9-17-31)32-18-10-4-11-19-32)22-25-40-28-39-24-23-38-36(39)37-35(33-20-12-5-13-21-33)27-30-14-6-2-7-15-30/h2-25,27,29,34,37H,26,28,40H2,1H3. The van der Waals surface area contributed by atoms with Crippen molar-refractivity contribution in [2.75, 3.05) is 0 Å². The van der Waals surface area contributed by atoms with E-state index in [1.807, 2.05) is 6.20 Å². The molecule has 0 aliphatic carbocycles. The Labute approximate surface area is 242 Å². The average Bonchev–Trinajstić information content (AvgIpc) is 3.46. The zero-order valence-electron chi connectivity index (χ0n) is 23.3. The first-order chi connectivity index (χ1) is 19.8. The van der Waals surface area contributed by atoms with Crippen LogP contribution in [0.1, 0.15) is 41.5 Å². The van der Waals surface area contributed by atoms with E-state index >= 15 is 0 Å². The first-order valence-electron chi connectivity index (χ1n) is 14.3. The smallest absolute Gasteiger partial charge is 0.239 e. The largest absolute Gasteiger partial charge is 0.346 e. The Kier molecular flexibility index (Phi) is 9.80. The molecule has 0 amide bonds. The molecule has 4 heteroatoms. The molecule has 5 aromatic rings. The minimum atomic E-state index is -0.412. The Morgan fingerprint density at radius 2 is 1.38 bits per heavy atom. The van der Waals surface area contributed by atoms with Gasteiger partial charge in [0.05, 0.1) is 15.2 Å². The van der Waals surface area contributed by atoms with Crippen molar-refractivity contribution in [1.82, 2.24) is 9.55 Å². The van der Waals surface area contributed by atoms with Crippen molar-refractivity contribution in [3.8, 4) is 0 Å². The molecule has 5 rings (SSSR count). The number of hydrogen-bond acceptors (Lipinski definition) is 1. The summed E-state index contributed by atoms with van der Waals surface area (Å²) in [4.78, 5) is 4.76. The summed E-state index contributed by atoms with van der Waals surface area (Å²) in [5, 5.41) is 0. The van der Waals surface area contributed by atoms with E-state index in [0.29, 0.717) is 11.8 Å². The van der Waals surface area contributed by atoms with Crippen molar-refractivity contribution in [1.29, 1.82) is 0 Å². The van der Waals surface area contributed by atoms with Crippen LogP contribution in [0.3, 0.4) is 0 Å². The Bertz CT molecular complexity index is 1460. The Hall–Kier alpha value is -4.15. The molecule has 0 aliphatic heterocycles. The van der Waals surface area contributed by atoms with E-state index in [9.17, 15) is 0 Å². The maximum atomic E-state index is 4.76. The molecule has 1 aromatic heterocycles. The first kappa shape index (κ1) is 27.4. The van der Waals surface area contributed by atoms with Gasteiger partial charge in [-0.05, 0) is 34.6 Å². The molecular formula is C36H37BN2Si. The summed E-state index contributed by atoms with van der Waals surface area (Å²) in [6.45, 7) is 2.35. The van der Waals surface area contributed by atoms with Gasteiger partial charge in [-0.2, -0.15) is 0 Å². The fourth-order valence-electron chi connectivity index (χ4n) is 5.35. The predicted octanol–water partition coefficient (Wildman–Crippen LogP) is 6.64. The van der Waals surface area contributed by atoms with Crippen LogP contribution in [0.4, 0.5) is 0 Å². The zero-order valence-corrected chi connectivity index (χ0v) is 24.7. The van der Waals surface area contributed by atoms with Crippen molar-refractivity contribution >= 4 is 34.1 Å². The summed E-state index contributed by atoms with van der Waals surface area (Å²) >= 11 is 0. The molecule has 1 unspecified atom stereocenters. The molecule has 0 spiro atoms. The van der Waals surface area contributed by atoms with E-state index in [4.69, 9.17) is 4.98 Å². The van der Waals surface area contributed by atoms with Crippen LogP contribution in [0.25, 0.3) is 11.5 Å². The summed E-state index contributed by atoms with van der Waals surface area (Å²) in [5.74, 6) is 0.926. The van der Waals surface area contributed by atoms with Crippen LogP contribution >= 0.6 is 0 Å². The molecule has 2 nitrogen and oxygen atoms in total. The highest BCUT2D eigenvalue weighted by Gasteiger charge is 2.16. The third-order valence-corrected chi connectivity index (χ3v) is 8.79. The second-order valence-electron chi connectivity index (χ2n) is 10.5. The van der Waals surface area contributed by atoms with Crippen LogP contribution in [-0.4, -0.2) is 26.4 Å². The summed E-state index contributed by atoms with van der Waals surface area (Å²) in [5.41, 5.74) is 10.2. The third kappa shape index (κ3) is 7.71. The van der Waals surface area contributed by atoms with Crippen molar-refractivity contribution in [3.05, 3.63) is 168 Å². The lowest BCUT2D eigenvalue weighted by Gasteiger charge is -2.20. The molecule has 40 heavy (non-hydrogen) atoms. The fourth-order valence-corrected chi connectivity index (χ4v) is 6.84. The van der Waals surface area contributed by atoms with Gasteiger partial charge in [-0.15, -0.1) is 5.70 Å². The fraction of sp³-hybridized carbons (Fsp3) is 0.139. The molecule has 4 aromatic carbocycles. The quantitative estimate of drug-likeness (QED) is 0.129. The van der Waals surface area contributed by atoms with Gasteiger partial charge in [0.2, 0.25) is 7.28 Å². The van der Waals surface area contributed by atoms with E-state index in [1.165, 1.54) is 27.7 Å². The maximum Gasteiger partial charge on any atom is 0.239 e. The van der Waals surface area contributed by atoms with Gasteiger partial charge in [-0.25, -0.2) is 0 Å². The molecule has 0 saturated carbocycles. The number of allylic oxidation sites excluding steroid dienone is 1. The highest BCUT2D eigenvalue weighted by atomic mass is 28.2. The third-order valence-electron chi connectivity index (χ3n) is 7.45. The molecule has 0 saturated heterocycles. The van der Waals surface area contributed by atoms with E-state index in [-0.39, 0.29) is 0 Å². The highest BCUT2D eigenvalue weighted by Crippen LogP contribution is 2.31.